The lowest BCUT2D eigenvalue weighted by molar-refractivity contribution is 0.500. The van der Waals surface area contributed by atoms with Crippen LogP contribution in [0.2, 0.25) is 0 Å². The molecule has 0 aromatic rings. The summed E-state index contributed by atoms with van der Waals surface area (Å²) in [5.74, 6) is 2.67. The molecule has 0 heterocycles. The van der Waals surface area contributed by atoms with E-state index in [0.29, 0.717) is 5.84 Å². The van der Waals surface area contributed by atoms with E-state index in [0.717, 1.165) is 12.2 Å². The first-order valence-corrected chi connectivity index (χ1v) is 6.08. The van der Waals surface area contributed by atoms with Gasteiger partial charge in [-0.25, -0.2) is 0 Å². The van der Waals surface area contributed by atoms with Gasteiger partial charge in [-0.1, -0.05) is 27.2 Å². The van der Waals surface area contributed by atoms with Gasteiger partial charge in [0, 0.05) is 5.41 Å². The van der Waals surface area contributed by atoms with E-state index in [9.17, 15) is 0 Å². The quantitative estimate of drug-likeness (QED) is 0.379. The first kappa shape index (κ1) is 12.8. The van der Waals surface area contributed by atoms with E-state index in [1.807, 2.05) is 25.6 Å². The van der Waals surface area contributed by atoms with Crippen molar-refractivity contribution >= 4 is 17.6 Å². The van der Waals surface area contributed by atoms with Gasteiger partial charge in [-0.15, -0.1) is 0 Å². The van der Waals surface area contributed by atoms with Gasteiger partial charge in [-0.05, 0) is 24.3 Å². The number of nitrogens with two attached hydrogens (primary N) is 1. The van der Waals surface area contributed by atoms with Crippen LogP contribution < -0.4 is 5.73 Å². The number of unbranched alkanes of at least 4 members (excludes halogenated alkanes) is 1. The topological polar surface area (TPSA) is 49.9 Å². The Morgan fingerprint density at radius 1 is 1.38 bits per heavy atom. The highest BCUT2D eigenvalue weighted by atomic mass is 32.2. The number of thioether (sulfide) groups is 1. The minimum absolute atomic E-state index is 0.112. The zero-order valence-corrected chi connectivity index (χ0v) is 9.84. The van der Waals surface area contributed by atoms with Crippen molar-refractivity contribution in [3.63, 3.8) is 0 Å². The molecule has 0 spiro atoms. The maximum atomic E-state index is 7.38. The highest BCUT2D eigenvalue weighted by Crippen LogP contribution is 2.22. The van der Waals surface area contributed by atoms with Crippen LogP contribution in [0.25, 0.3) is 0 Å². The molecule has 0 amide bonds. The fourth-order valence-corrected chi connectivity index (χ4v) is 2.16. The second-order valence-electron chi connectivity index (χ2n) is 4.01. The molecule has 13 heavy (non-hydrogen) atoms. The lowest BCUT2D eigenvalue weighted by Gasteiger charge is -2.22. The first-order valence-electron chi connectivity index (χ1n) is 4.93. The Morgan fingerprint density at radius 3 is 2.46 bits per heavy atom. The third-order valence-electron chi connectivity index (χ3n) is 2.24. The molecule has 0 aliphatic carbocycles. The summed E-state index contributed by atoms with van der Waals surface area (Å²) in [7, 11) is 0. The monoisotopic (exact) mass is 202 g/mol. The van der Waals surface area contributed by atoms with Gasteiger partial charge in [0.2, 0.25) is 0 Å². The van der Waals surface area contributed by atoms with Crippen molar-refractivity contribution in [2.45, 2.75) is 40.0 Å². The fraction of sp³-hybridized carbons (Fsp3) is 0.900. The molecular formula is C10H22N2S. The smallest absolute Gasteiger partial charge is 0.0963 e. The van der Waals surface area contributed by atoms with Crippen LogP contribution in [0.3, 0.4) is 0 Å². The molecule has 78 valence electrons. The van der Waals surface area contributed by atoms with Crippen LogP contribution in [0.15, 0.2) is 0 Å². The molecule has 3 N–H and O–H groups in total. The highest BCUT2D eigenvalue weighted by molar-refractivity contribution is 7.99. The van der Waals surface area contributed by atoms with E-state index in [1.54, 1.807) is 0 Å². The highest BCUT2D eigenvalue weighted by Gasteiger charge is 2.20. The number of nitrogens with one attached hydrogen (secondary N) is 1. The molecule has 0 aromatic heterocycles. The van der Waals surface area contributed by atoms with Crippen LogP contribution in [0, 0.1) is 10.8 Å². The predicted octanol–water partition coefficient (Wildman–Crippen LogP) is 2.87. The van der Waals surface area contributed by atoms with Gasteiger partial charge >= 0.3 is 0 Å². The zero-order valence-electron chi connectivity index (χ0n) is 9.02. The third kappa shape index (κ3) is 5.97. The van der Waals surface area contributed by atoms with Gasteiger partial charge in [0.25, 0.3) is 0 Å². The summed E-state index contributed by atoms with van der Waals surface area (Å²) in [4.78, 5) is 0. The summed E-state index contributed by atoms with van der Waals surface area (Å²) in [6, 6.07) is 0. The number of hydrogen-bond acceptors (Lipinski definition) is 2. The lowest BCUT2D eigenvalue weighted by atomic mass is 9.89. The Labute approximate surface area is 86.2 Å². The van der Waals surface area contributed by atoms with Gasteiger partial charge in [-0.2, -0.15) is 11.8 Å². The Bertz CT molecular complexity index is 155. The summed E-state index contributed by atoms with van der Waals surface area (Å²) in [6.07, 6.45) is 3.57. The van der Waals surface area contributed by atoms with Crippen molar-refractivity contribution in [1.29, 1.82) is 5.41 Å². The summed E-state index contributed by atoms with van der Waals surface area (Å²) < 4.78 is 0. The van der Waals surface area contributed by atoms with Gasteiger partial charge in [0.15, 0.2) is 0 Å². The predicted molar refractivity (Wildman–Crippen MR) is 62.5 cm³/mol. The fourth-order valence-electron chi connectivity index (χ4n) is 0.810. The zero-order chi connectivity index (χ0) is 10.3. The minimum atomic E-state index is -0.112. The van der Waals surface area contributed by atoms with E-state index in [-0.39, 0.29) is 5.41 Å². The molecule has 0 unspecified atom stereocenters. The molecule has 0 fully saturated rings. The van der Waals surface area contributed by atoms with Crippen LogP contribution in [0.5, 0.6) is 0 Å². The number of amidine groups is 1. The number of hydrogen-bond donors (Lipinski definition) is 2. The molecule has 0 aromatic carbocycles. The van der Waals surface area contributed by atoms with Gasteiger partial charge < -0.3 is 5.73 Å². The molecule has 0 atom stereocenters. The molecular weight excluding hydrogens is 180 g/mol. The Hall–Kier alpha value is -0.180. The second kappa shape index (κ2) is 6.30. The van der Waals surface area contributed by atoms with Crippen molar-refractivity contribution in [2.75, 3.05) is 11.5 Å². The van der Waals surface area contributed by atoms with Crippen LogP contribution in [-0.2, 0) is 0 Å². The van der Waals surface area contributed by atoms with Gasteiger partial charge in [0.1, 0.15) is 0 Å². The van der Waals surface area contributed by atoms with Crippen molar-refractivity contribution < 1.29 is 0 Å². The lowest BCUT2D eigenvalue weighted by Crippen LogP contribution is -2.31. The van der Waals surface area contributed by atoms with Crippen molar-refractivity contribution in [3.05, 3.63) is 0 Å². The van der Waals surface area contributed by atoms with E-state index in [4.69, 9.17) is 11.1 Å². The summed E-state index contributed by atoms with van der Waals surface area (Å²) in [5, 5.41) is 7.38. The standard InChI is InChI=1S/C10H22N2S/c1-4-5-7-13-8-6-10(2,3)9(11)12/h4-8H2,1-3H3,(H3,11,12). The van der Waals surface area contributed by atoms with Crippen molar-refractivity contribution in [1.82, 2.24) is 0 Å². The Morgan fingerprint density at radius 2 is 2.00 bits per heavy atom. The molecule has 0 radical (unpaired) electrons. The van der Waals surface area contributed by atoms with Crippen molar-refractivity contribution in [2.24, 2.45) is 11.1 Å². The van der Waals surface area contributed by atoms with Gasteiger partial charge in [-0.3, -0.25) is 5.41 Å². The second-order valence-corrected chi connectivity index (χ2v) is 5.24. The number of rotatable bonds is 7. The molecule has 0 aliphatic rings. The SMILES string of the molecule is CCCCSCCC(C)(C)C(=N)N. The molecule has 2 nitrogen and oxygen atoms in total. The molecule has 3 heteroatoms. The van der Waals surface area contributed by atoms with E-state index in [1.165, 1.54) is 18.6 Å². The average molecular weight is 202 g/mol. The van der Waals surface area contributed by atoms with Crippen LogP contribution in [0.4, 0.5) is 0 Å². The summed E-state index contributed by atoms with van der Waals surface area (Å²) >= 11 is 1.97. The normalized spacial score (nSPS) is 11.6. The third-order valence-corrected chi connectivity index (χ3v) is 3.31. The molecule has 0 aliphatic heterocycles. The van der Waals surface area contributed by atoms with Crippen LogP contribution in [-0.4, -0.2) is 17.3 Å². The molecule has 0 saturated heterocycles. The largest absolute Gasteiger partial charge is 0.387 e. The van der Waals surface area contributed by atoms with E-state index in [2.05, 4.69) is 6.92 Å². The Balaban J connectivity index is 3.46. The Kier molecular flexibility index (Phi) is 6.21. The average Bonchev–Trinajstić information content (AvgIpc) is 2.03. The minimum Gasteiger partial charge on any atom is -0.387 e. The van der Waals surface area contributed by atoms with Crippen molar-refractivity contribution in [3.8, 4) is 0 Å². The molecule has 0 saturated carbocycles. The van der Waals surface area contributed by atoms with Crippen LogP contribution in [0.1, 0.15) is 40.0 Å². The maximum absolute atomic E-state index is 7.38. The maximum Gasteiger partial charge on any atom is 0.0963 e. The van der Waals surface area contributed by atoms with E-state index >= 15 is 0 Å². The molecule has 0 bridgehead atoms. The summed E-state index contributed by atoms with van der Waals surface area (Å²) in [6.45, 7) is 6.28. The summed E-state index contributed by atoms with van der Waals surface area (Å²) in [5.41, 5.74) is 5.37. The first-order chi connectivity index (χ1) is 6.00. The van der Waals surface area contributed by atoms with E-state index < -0.39 is 0 Å². The van der Waals surface area contributed by atoms with Crippen LogP contribution >= 0.6 is 11.8 Å². The van der Waals surface area contributed by atoms with Gasteiger partial charge in [0.05, 0.1) is 5.84 Å². The molecule has 0 rings (SSSR count).